The largest absolute Gasteiger partial charge is 0.452 e. The van der Waals surface area contributed by atoms with Crippen molar-refractivity contribution < 1.29 is 13.2 Å². The quantitative estimate of drug-likeness (QED) is 0.861. The van der Waals surface area contributed by atoms with Gasteiger partial charge >= 0.3 is 6.18 Å². The molecule has 0 aliphatic heterocycles. The summed E-state index contributed by atoms with van der Waals surface area (Å²) in [5, 5.41) is 2.95. The normalized spacial score (nSPS) is 12.8. The fraction of sp³-hybridized carbons (Fsp3) is 0.778. The van der Waals surface area contributed by atoms with E-state index in [4.69, 9.17) is 5.73 Å². The SMILES string of the molecule is CCC(N)(CC)CNc1nc(C(F)(F)F)ns1. The molecule has 1 rings (SSSR count). The Morgan fingerprint density at radius 3 is 2.29 bits per heavy atom. The third-order valence-electron chi connectivity index (χ3n) is 2.68. The van der Waals surface area contributed by atoms with Crippen LogP contribution < -0.4 is 11.1 Å². The molecule has 1 aromatic rings. The first kappa shape index (κ1) is 14.2. The van der Waals surface area contributed by atoms with Crippen LogP contribution in [0.1, 0.15) is 32.5 Å². The van der Waals surface area contributed by atoms with Crippen molar-refractivity contribution >= 4 is 16.7 Å². The Morgan fingerprint density at radius 2 is 1.88 bits per heavy atom. The van der Waals surface area contributed by atoms with E-state index < -0.39 is 17.5 Å². The van der Waals surface area contributed by atoms with Gasteiger partial charge in [-0.1, -0.05) is 13.8 Å². The highest BCUT2D eigenvalue weighted by Crippen LogP contribution is 2.29. The molecule has 1 heterocycles. The second kappa shape index (κ2) is 5.18. The van der Waals surface area contributed by atoms with Gasteiger partial charge in [-0.15, -0.1) is 0 Å². The van der Waals surface area contributed by atoms with Crippen LogP contribution in [0.15, 0.2) is 0 Å². The van der Waals surface area contributed by atoms with Gasteiger partial charge in [0.05, 0.1) is 0 Å². The number of anilines is 1. The van der Waals surface area contributed by atoms with E-state index in [9.17, 15) is 13.2 Å². The van der Waals surface area contributed by atoms with E-state index in [2.05, 4.69) is 14.7 Å². The Kier molecular flexibility index (Phi) is 4.31. The zero-order chi connectivity index (χ0) is 13.1. The van der Waals surface area contributed by atoms with Crippen molar-refractivity contribution in [1.82, 2.24) is 9.36 Å². The first-order chi connectivity index (χ1) is 7.80. The molecule has 0 atom stereocenters. The summed E-state index contributed by atoms with van der Waals surface area (Å²) in [4.78, 5) is 3.37. The molecule has 3 N–H and O–H groups in total. The fourth-order valence-corrected chi connectivity index (χ4v) is 1.74. The van der Waals surface area contributed by atoms with Crippen molar-refractivity contribution in [3.63, 3.8) is 0 Å². The minimum absolute atomic E-state index is 0.147. The van der Waals surface area contributed by atoms with Gasteiger partial charge in [0.15, 0.2) is 0 Å². The van der Waals surface area contributed by atoms with Gasteiger partial charge in [-0.05, 0) is 12.8 Å². The van der Waals surface area contributed by atoms with Crippen molar-refractivity contribution in [3.8, 4) is 0 Å². The lowest BCUT2D eigenvalue weighted by atomic mass is 9.94. The van der Waals surface area contributed by atoms with Crippen LogP contribution in [-0.4, -0.2) is 21.4 Å². The molecule has 0 aliphatic carbocycles. The van der Waals surface area contributed by atoms with Crippen LogP contribution in [0.25, 0.3) is 0 Å². The third kappa shape index (κ3) is 3.81. The van der Waals surface area contributed by atoms with E-state index in [1.165, 1.54) is 0 Å². The number of nitrogens with two attached hydrogens (primary N) is 1. The molecular weight excluding hydrogens is 253 g/mol. The van der Waals surface area contributed by atoms with E-state index in [1.54, 1.807) is 0 Å². The number of hydrogen-bond acceptors (Lipinski definition) is 5. The van der Waals surface area contributed by atoms with Gasteiger partial charge in [0.2, 0.25) is 11.0 Å². The number of hydrogen-bond donors (Lipinski definition) is 2. The fourth-order valence-electron chi connectivity index (χ4n) is 1.16. The van der Waals surface area contributed by atoms with Crippen molar-refractivity contribution in [2.75, 3.05) is 11.9 Å². The lowest BCUT2D eigenvalue weighted by Gasteiger charge is -2.26. The van der Waals surface area contributed by atoms with Crippen LogP contribution in [0.3, 0.4) is 0 Å². The molecule has 0 amide bonds. The van der Waals surface area contributed by atoms with Gasteiger partial charge in [0.25, 0.3) is 0 Å². The predicted molar refractivity (Wildman–Crippen MR) is 60.9 cm³/mol. The molecular formula is C9H15F3N4S. The smallest absolute Gasteiger partial charge is 0.358 e. The predicted octanol–water partition coefficient (Wildman–Crippen LogP) is 2.49. The number of alkyl halides is 3. The monoisotopic (exact) mass is 268 g/mol. The Hall–Kier alpha value is -0.890. The number of halogens is 3. The summed E-state index contributed by atoms with van der Waals surface area (Å²) in [6.45, 7) is 4.26. The molecule has 8 heteroatoms. The van der Waals surface area contributed by atoms with Gasteiger partial charge in [0.1, 0.15) is 0 Å². The highest BCUT2D eigenvalue weighted by Gasteiger charge is 2.36. The van der Waals surface area contributed by atoms with Crippen molar-refractivity contribution in [3.05, 3.63) is 5.82 Å². The molecule has 0 fully saturated rings. The molecule has 0 aromatic carbocycles. The maximum atomic E-state index is 12.2. The second-order valence-electron chi connectivity index (χ2n) is 3.84. The van der Waals surface area contributed by atoms with E-state index in [0.29, 0.717) is 18.1 Å². The summed E-state index contributed by atoms with van der Waals surface area (Å²) in [6.07, 6.45) is -3.02. The van der Waals surface area contributed by atoms with E-state index >= 15 is 0 Å². The Bertz CT molecular complexity index is 359. The third-order valence-corrected chi connectivity index (χ3v) is 3.35. The maximum Gasteiger partial charge on any atom is 0.452 e. The average Bonchev–Trinajstić information content (AvgIpc) is 2.74. The molecule has 17 heavy (non-hydrogen) atoms. The van der Waals surface area contributed by atoms with Gasteiger partial charge in [-0.3, -0.25) is 0 Å². The number of nitrogens with zero attached hydrogens (tertiary/aromatic N) is 2. The van der Waals surface area contributed by atoms with Crippen molar-refractivity contribution in [2.45, 2.75) is 38.4 Å². The molecule has 4 nitrogen and oxygen atoms in total. The molecule has 0 saturated heterocycles. The van der Waals surface area contributed by atoms with Crippen molar-refractivity contribution in [1.29, 1.82) is 0 Å². The van der Waals surface area contributed by atoms with Crippen LogP contribution in [-0.2, 0) is 6.18 Å². The summed E-state index contributed by atoms with van der Waals surface area (Å²) < 4.78 is 40.0. The van der Waals surface area contributed by atoms with Crippen LogP contribution >= 0.6 is 11.5 Å². The topological polar surface area (TPSA) is 63.8 Å². The summed E-state index contributed by atoms with van der Waals surface area (Å²) >= 11 is 0.690. The molecule has 0 saturated carbocycles. The van der Waals surface area contributed by atoms with E-state index in [-0.39, 0.29) is 5.13 Å². The van der Waals surface area contributed by atoms with Crippen molar-refractivity contribution in [2.24, 2.45) is 5.73 Å². The van der Waals surface area contributed by atoms with E-state index in [1.807, 2.05) is 13.8 Å². The minimum atomic E-state index is -4.49. The van der Waals surface area contributed by atoms with Gasteiger partial charge in [-0.2, -0.15) is 22.5 Å². The van der Waals surface area contributed by atoms with Crippen LogP contribution in [0, 0.1) is 0 Å². The van der Waals surface area contributed by atoms with Gasteiger partial charge in [0, 0.05) is 23.6 Å². The Morgan fingerprint density at radius 1 is 1.29 bits per heavy atom. The number of rotatable bonds is 5. The first-order valence-corrected chi connectivity index (χ1v) is 6.01. The molecule has 0 spiro atoms. The lowest BCUT2D eigenvalue weighted by molar-refractivity contribution is -0.144. The van der Waals surface area contributed by atoms with Crippen LogP contribution in [0.4, 0.5) is 18.3 Å². The van der Waals surface area contributed by atoms with Crippen LogP contribution in [0.2, 0.25) is 0 Å². The second-order valence-corrected chi connectivity index (χ2v) is 4.60. The first-order valence-electron chi connectivity index (χ1n) is 5.24. The maximum absolute atomic E-state index is 12.2. The number of aromatic nitrogens is 2. The molecule has 1 aromatic heterocycles. The molecule has 0 bridgehead atoms. The van der Waals surface area contributed by atoms with Crippen LogP contribution in [0.5, 0.6) is 0 Å². The summed E-state index contributed by atoms with van der Waals surface area (Å²) in [7, 11) is 0. The zero-order valence-corrected chi connectivity index (χ0v) is 10.5. The van der Waals surface area contributed by atoms with E-state index in [0.717, 1.165) is 12.8 Å². The lowest BCUT2D eigenvalue weighted by Crippen LogP contribution is -2.45. The summed E-state index contributed by atoms with van der Waals surface area (Å²) in [5.74, 6) is -1.11. The minimum Gasteiger partial charge on any atom is -0.358 e. The Balaban J connectivity index is 2.62. The zero-order valence-electron chi connectivity index (χ0n) is 9.64. The average molecular weight is 268 g/mol. The standard InChI is InChI=1S/C9H15F3N4S/c1-3-8(13,4-2)5-14-7-15-6(16-17-7)9(10,11)12/h3-5,13H2,1-2H3,(H,14,15,16). The summed E-state index contributed by atoms with van der Waals surface area (Å²) in [6, 6.07) is 0. The molecule has 0 unspecified atom stereocenters. The molecule has 0 radical (unpaired) electrons. The molecule has 98 valence electrons. The number of nitrogens with one attached hydrogen (secondary N) is 1. The molecule has 0 aliphatic rings. The Labute approximate surface area is 102 Å². The summed E-state index contributed by atoms with van der Waals surface area (Å²) in [5.41, 5.74) is 5.58. The van der Waals surface area contributed by atoms with Gasteiger partial charge < -0.3 is 11.1 Å². The highest BCUT2D eigenvalue weighted by molar-refractivity contribution is 7.09. The van der Waals surface area contributed by atoms with Gasteiger partial charge in [-0.25, -0.2) is 0 Å². The highest BCUT2D eigenvalue weighted by atomic mass is 32.1.